The Morgan fingerprint density at radius 1 is 1.04 bits per heavy atom. The quantitative estimate of drug-likeness (QED) is 0.636. The second-order valence-electron chi connectivity index (χ2n) is 5.09. The van der Waals surface area contributed by atoms with E-state index in [2.05, 4.69) is 5.32 Å². The zero-order chi connectivity index (χ0) is 17.0. The van der Waals surface area contributed by atoms with Crippen molar-refractivity contribution in [1.29, 1.82) is 0 Å². The molecule has 122 valence electrons. The first kappa shape index (κ1) is 18.5. The fourth-order valence-corrected chi connectivity index (χ4v) is 3.78. The molecule has 0 radical (unpaired) electrons. The topological polar surface area (TPSA) is 29.1 Å². The molecule has 0 fully saturated rings. The normalized spacial score (nSPS) is 13.4. The molecule has 23 heavy (non-hydrogen) atoms. The molecule has 2 atom stereocenters. The summed E-state index contributed by atoms with van der Waals surface area (Å²) in [5.41, 5.74) is 0.833. The molecule has 0 spiro atoms. The van der Waals surface area contributed by atoms with Crippen molar-refractivity contribution >= 4 is 52.5 Å². The van der Waals surface area contributed by atoms with E-state index in [-0.39, 0.29) is 17.2 Å². The summed E-state index contributed by atoms with van der Waals surface area (Å²) in [5, 5.41) is 4.44. The second kappa shape index (κ2) is 8.29. The van der Waals surface area contributed by atoms with Crippen molar-refractivity contribution in [2.75, 3.05) is 0 Å². The van der Waals surface area contributed by atoms with Gasteiger partial charge in [0, 0.05) is 14.9 Å². The van der Waals surface area contributed by atoms with Crippen molar-refractivity contribution in [1.82, 2.24) is 5.32 Å². The first-order valence-corrected chi connectivity index (χ1v) is 9.06. The van der Waals surface area contributed by atoms with Gasteiger partial charge in [-0.3, -0.25) is 4.79 Å². The van der Waals surface area contributed by atoms with Gasteiger partial charge in [0.05, 0.1) is 16.3 Å². The number of carbonyl (C=O) groups is 1. The van der Waals surface area contributed by atoms with Crippen molar-refractivity contribution in [3.8, 4) is 0 Å². The Morgan fingerprint density at radius 3 is 2.39 bits per heavy atom. The summed E-state index contributed by atoms with van der Waals surface area (Å²) in [6.45, 7) is 3.74. The Labute approximate surface area is 155 Å². The molecule has 0 unspecified atom stereocenters. The van der Waals surface area contributed by atoms with Gasteiger partial charge >= 0.3 is 0 Å². The minimum Gasteiger partial charge on any atom is -0.349 e. The molecule has 0 saturated carbocycles. The van der Waals surface area contributed by atoms with E-state index in [0.717, 1.165) is 10.5 Å². The Hall–Kier alpha value is -0.870. The van der Waals surface area contributed by atoms with Crippen LogP contribution in [0.1, 0.15) is 25.5 Å². The van der Waals surface area contributed by atoms with Crippen LogP contribution in [0, 0.1) is 0 Å². The van der Waals surface area contributed by atoms with Gasteiger partial charge in [0.15, 0.2) is 0 Å². The molecular formula is C17H16Cl3NOS. The maximum atomic E-state index is 12.4. The molecule has 6 heteroatoms. The number of hydrogen-bond acceptors (Lipinski definition) is 2. The molecule has 0 aliphatic rings. The van der Waals surface area contributed by atoms with E-state index >= 15 is 0 Å². The maximum absolute atomic E-state index is 12.4. The number of nitrogens with one attached hydrogen (secondary N) is 1. The van der Waals surface area contributed by atoms with Crippen molar-refractivity contribution in [2.24, 2.45) is 0 Å². The summed E-state index contributed by atoms with van der Waals surface area (Å²) in [6, 6.07) is 12.5. The van der Waals surface area contributed by atoms with Gasteiger partial charge in [-0.25, -0.2) is 0 Å². The van der Waals surface area contributed by atoms with Crippen LogP contribution in [-0.4, -0.2) is 11.2 Å². The van der Waals surface area contributed by atoms with E-state index in [4.69, 9.17) is 34.8 Å². The molecule has 0 heterocycles. The van der Waals surface area contributed by atoms with Crippen LogP contribution in [0.5, 0.6) is 0 Å². The summed E-state index contributed by atoms with van der Waals surface area (Å²) in [5.74, 6) is -0.0755. The third-order valence-corrected chi connectivity index (χ3v) is 5.48. The molecule has 2 rings (SSSR count). The van der Waals surface area contributed by atoms with Crippen molar-refractivity contribution in [3.63, 3.8) is 0 Å². The zero-order valence-corrected chi connectivity index (χ0v) is 15.7. The molecule has 2 aromatic rings. The lowest BCUT2D eigenvalue weighted by Gasteiger charge is -2.19. The molecule has 0 aromatic heterocycles. The van der Waals surface area contributed by atoms with Gasteiger partial charge in [0.1, 0.15) is 0 Å². The van der Waals surface area contributed by atoms with Crippen LogP contribution in [0.15, 0.2) is 47.4 Å². The standard InChI is InChI=1S/C17H16Cl3NOS/c1-10(13-8-7-12(18)9-15(13)20)21-17(22)11(2)23-16-6-4-3-5-14(16)19/h3-11H,1-2H3,(H,21,22)/t10-,11+/m1/s1. The van der Waals surface area contributed by atoms with Crippen LogP contribution in [0.2, 0.25) is 15.1 Å². The predicted octanol–water partition coefficient (Wildman–Crippen LogP) is 6.00. The number of carbonyl (C=O) groups excluding carboxylic acids is 1. The average molecular weight is 389 g/mol. The number of thioether (sulfide) groups is 1. The summed E-state index contributed by atoms with van der Waals surface area (Å²) in [6.07, 6.45) is 0. The van der Waals surface area contributed by atoms with Crippen molar-refractivity contribution < 1.29 is 4.79 Å². The number of hydrogen-bond donors (Lipinski definition) is 1. The van der Waals surface area contributed by atoms with Crippen LogP contribution in [0.3, 0.4) is 0 Å². The smallest absolute Gasteiger partial charge is 0.233 e. The zero-order valence-electron chi connectivity index (χ0n) is 12.6. The van der Waals surface area contributed by atoms with E-state index in [1.165, 1.54) is 11.8 Å². The Balaban J connectivity index is 2.01. The highest BCUT2D eigenvalue weighted by Gasteiger charge is 2.19. The third-order valence-electron chi connectivity index (χ3n) is 3.30. The molecule has 0 bridgehead atoms. The number of rotatable bonds is 5. The van der Waals surface area contributed by atoms with Crippen LogP contribution in [0.25, 0.3) is 0 Å². The third kappa shape index (κ3) is 5.05. The first-order chi connectivity index (χ1) is 10.9. The van der Waals surface area contributed by atoms with Crippen LogP contribution in [-0.2, 0) is 4.79 Å². The summed E-state index contributed by atoms with van der Waals surface area (Å²) >= 11 is 19.6. The summed E-state index contributed by atoms with van der Waals surface area (Å²) in [7, 11) is 0. The van der Waals surface area contributed by atoms with Crippen LogP contribution in [0.4, 0.5) is 0 Å². The SMILES string of the molecule is C[C@H](Sc1ccccc1Cl)C(=O)N[C@H](C)c1ccc(Cl)cc1Cl. The lowest BCUT2D eigenvalue weighted by atomic mass is 10.1. The van der Waals surface area contributed by atoms with E-state index in [1.807, 2.05) is 44.2 Å². The van der Waals surface area contributed by atoms with E-state index < -0.39 is 0 Å². The number of halogens is 3. The van der Waals surface area contributed by atoms with Gasteiger partial charge < -0.3 is 5.32 Å². The average Bonchev–Trinajstić information content (AvgIpc) is 2.49. The lowest BCUT2D eigenvalue weighted by molar-refractivity contribution is -0.120. The van der Waals surface area contributed by atoms with Gasteiger partial charge in [0.2, 0.25) is 5.91 Å². The first-order valence-electron chi connectivity index (χ1n) is 7.05. The van der Waals surface area contributed by atoms with E-state index in [0.29, 0.717) is 15.1 Å². The monoisotopic (exact) mass is 387 g/mol. The van der Waals surface area contributed by atoms with Gasteiger partial charge in [-0.05, 0) is 43.7 Å². The second-order valence-corrected chi connectivity index (χ2v) is 7.72. The highest BCUT2D eigenvalue weighted by Crippen LogP contribution is 2.31. The molecule has 1 amide bonds. The highest BCUT2D eigenvalue weighted by atomic mass is 35.5. The highest BCUT2D eigenvalue weighted by molar-refractivity contribution is 8.00. The molecule has 0 aliphatic heterocycles. The largest absolute Gasteiger partial charge is 0.349 e. The van der Waals surface area contributed by atoms with Gasteiger partial charge in [-0.2, -0.15) is 0 Å². The molecule has 0 saturated heterocycles. The predicted molar refractivity (Wildman–Crippen MR) is 99.8 cm³/mol. The maximum Gasteiger partial charge on any atom is 0.233 e. The lowest BCUT2D eigenvalue weighted by Crippen LogP contribution is -2.33. The Kier molecular flexibility index (Phi) is 6.66. The molecule has 1 N–H and O–H groups in total. The van der Waals surface area contributed by atoms with Crippen molar-refractivity contribution in [2.45, 2.75) is 30.0 Å². The van der Waals surface area contributed by atoms with E-state index in [1.54, 1.807) is 12.1 Å². The minimum atomic E-state index is -0.275. The molecule has 2 nitrogen and oxygen atoms in total. The fraction of sp³-hybridized carbons (Fsp3) is 0.235. The Bertz CT molecular complexity index is 708. The number of benzene rings is 2. The van der Waals surface area contributed by atoms with Crippen LogP contribution < -0.4 is 5.32 Å². The van der Waals surface area contributed by atoms with Crippen molar-refractivity contribution in [3.05, 3.63) is 63.1 Å². The minimum absolute atomic E-state index is 0.0755. The molecular weight excluding hydrogens is 373 g/mol. The molecule has 0 aliphatic carbocycles. The van der Waals surface area contributed by atoms with Gasteiger partial charge in [0.25, 0.3) is 0 Å². The van der Waals surface area contributed by atoms with Gasteiger partial charge in [-0.1, -0.05) is 53.0 Å². The number of amides is 1. The summed E-state index contributed by atoms with van der Waals surface area (Å²) in [4.78, 5) is 13.3. The summed E-state index contributed by atoms with van der Waals surface area (Å²) < 4.78 is 0. The Morgan fingerprint density at radius 2 is 1.74 bits per heavy atom. The van der Waals surface area contributed by atoms with Crippen LogP contribution >= 0.6 is 46.6 Å². The fourth-order valence-electron chi connectivity index (χ4n) is 2.05. The molecule has 2 aromatic carbocycles. The van der Waals surface area contributed by atoms with Gasteiger partial charge in [-0.15, -0.1) is 11.8 Å². The van der Waals surface area contributed by atoms with E-state index in [9.17, 15) is 4.79 Å².